The van der Waals surface area contributed by atoms with Crippen LogP contribution in [0.5, 0.6) is 0 Å². The van der Waals surface area contributed by atoms with Crippen LogP contribution in [-0.4, -0.2) is 29.6 Å². The largest absolute Gasteiger partial charge is 0.262 e. The second-order valence-electron chi connectivity index (χ2n) is 6.24. The highest BCUT2D eigenvalue weighted by Crippen LogP contribution is 2.28. The Morgan fingerprint density at radius 2 is 1.91 bits per heavy atom. The van der Waals surface area contributed by atoms with Gasteiger partial charge in [0.05, 0.1) is 11.4 Å². The van der Waals surface area contributed by atoms with E-state index in [4.69, 9.17) is 5.10 Å². The van der Waals surface area contributed by atoms with E-state index in [-0.39, 0.29) is 0 Å². The van der Waals surface area contributed by atoms with Gasteiger partial charge < -0.3 is 0 Å². The summed E-state index contributed by atoms with van der Waals surface area (Å²) in [5.41, 5.74) is 2.17. The molecule has 0 atom stereocenters. The molecule has 0 aliphatic heterocycles. The molecule has 7 heteroatoms. The minimum absolute atomic E-state index is 0.411. The van der Waals surface area contributed by atoms with Gasteiger partial charge in [0.15, 0.2) is 10.8 Å². The Morgan fingerprint density at radius 3 is 2.55 bits per heavy atom. The fourth-order valence-corrected chi connectivity index (χ4v) is 3.26. The van der Waals surface area contributed by atoms with Crippen molar-refractivity contribution in [2.24, 2.45) is 5.92 Å². The lowest BCUT2D eigenvalue weighted by atomic mass is 10.1. The zero-order valence-electron chi connectivity index (χ0n) is 13.7. The first-order valence-electron chi connectivity index (χ1n) is 7.78. The van der Waals surface area contributed by atoms with E-state index < -0.39 is 0 Å². The monoisotopic (exact) mass is 318 g/mol. The number of aryl methyl sites for hydroxylation is 1. The molecule has 6 nitrogen and oxygen atoms in total. The number of fused-ring (bicyclic) bond motifs is 1. The molecule has 3 aromatic heterocycles. The first kappa shape index (κ1) is 15.1. The number of rotatable bonds is 5. The molecule has 0 fully saturated rings. The van der Waals surface area contributed by atoms with Crippen molar-refractivity contribution >= 4 is 16.3 Å². The second kappa shape index (κ2) is 5.79. The molecule has 0 unspecified atom stereocenters. The molecular formula is C15H22N6S. The zero-order valence-corrected chi connectivity index (χ0v) is 14.6. The van der Waals surface area contributed by atoms with Gasteiger partial charge in [0, 0.05) is 13.0 Å². The van der Waals surface area contributed by atoms with Crippen molar-refractivity contribution in [2.45, 2.75) is 53.5 Å². The number of hydrogen-bond acceptors (Lipinski definition) is 5. The van der Waals surface area contributed by atoms with Gasteiger partial charge in [0.25, 0.3) is 0 Å². The highest BCUT2D eigenvalue weighted by molar-refractivity contribution is 7.19. The fraction of sp³-hybridized carbons (Fsp3) is 0.600. The van der Waals surface area contributed by atoms with Gasteiger partial charge >= 0.3 is 0 Å². The predicted octanol–water partition coefficient (Wildman–Crippen LogP) is 3.39. The third-order valence-corrected chi connectivity index (χ3v) is 4.48. The zero-order chi connectivity index (χ0) is 15.9. The molecular weight excluding hydrogens is 296 g/mol. The fourth-order valence-electron chi connectivity index (χ4n) is 2.39. The molecule has 0 saturated carbocycles. The molecule has 0 N–H and O–H groups in total. The van der Waals surface area contributed by atoms with Crippen LogP contribution in [-0.2, 0) is 13.0 Å². The first-order valence-corrected chi connectivity index (χ1v) is 8.60. The molecule has 0 radical (unpaired) electrons. The Bertz CT molecular complexity index is 779. The molecule has 0 amide bonds. The number of aromatic nitrogens is 6. The van der Waals surface area contributed by atoms with E-state index in [9.17, 15) is 0 Å². The van der Waals surface area contributed by atoms with Crippen molar-refractivity contribution in [3.8, 4) is 10.7 Å². The Hall–Kier alpha value is -1.76. The summed E-state index contributed by atoms with van der Waals surface area (Å²) in [6.45, 7) is 11.6. The Kier molecular flexibility index (Phi) is 3.99. The molecule has 22 heavy (non-hydrogen) atoms. The van der Waals surface area contributed by atoms with Crippen LogP contribution < -0.4 is 0 Å². The molecule has 3 heterocycles. The van der Waals surface area contributed by atoms with E-state index in [0.717, 1.165) is 40.1 Å². The van der Waals surface area contributed by atoms with Gasteiger partial charge in [-0.05, 0) is 24.8 Å². The van der Waals surface area contributed by atoms with Gasteiger partial charge in [0.2, 0.25) is 4.96 Å². The van der Waals surface area contributed by atoms with Crippen LogP contribution in [0.1, 0.15) is 52.1 Å². The quantitative estimate of drug-likeness (QED) is 0.723. The molecule has 3 aromatic rings. The Morgan fingerprint density at radius 1 is 1.14 bits per heavy atom. The summed E-state index contributed by atoms with van der Waals surface area (Å²) in [5.74, 6) is 1.87. The third-order valence-electron chi connectivity index (χ3n) is 3.56. The van der Waals surface area contributed by atoms with Crippen molar-refractivity contribution in [1.82, 2.24) is 29.6 Å². The summed E-state index contributed by atoms with van der Waals surface area (Å²) >= 11 is 1.57. The summed E-state index contributed by atoms with van der Waals surface area (Å²) in [6, 6.07) is 2.14. The van der Waals surface area contributed by atoms with Gasteiger partial charge in [-0.3, -0.25) is 4.68 Å². The van der Waals surface area contributed by atoms with E-state index in [1.54, 1.807) is 11.3 Å². The van der Waals surface area contributed by atoms with Crippen LogP contribution in [0.25, 0.3) is 15.7 Å². The van der Waals surface area contributed by atoms with E-state index in [1.165, 1.54) is 0 Å². The summed E-state index contributed by atoms with van der Waals surface area (Å²) in [6.07, 6.45) is 0.884. The molecule has 0 spiro atoms. The second-order valence-corrected chi connectivity index (χ2v) is 7.20. The average Bonchev–Trinajstić information content (AvgIpc) is 3.12. The molecule has 3 rings (SSSR count). The van der Waals surface area contributed by atoms with Crippen LogP contribution in [0, 0.1) is 5.92 Å². The Balaban J connectivity index is 2.05. The summed E-state index contributed by atoms with van der Waals surface area (Å²) in [4.78, 5) is 0.848. The highest BCUT2D eigenvalue weighted by Gasteiger charge is 2.18. The molecule has 0 bridgehead atoms. The molecule has 0 aliphatic rings. The van der Waals surface area contributed by atoms with E-state index in [1.807, 2.05) is 9.20 Å². The van der Waals surface area contributed by atoms with Gasteiger partial charge in [-0.15, -0.1) is 10.2 Å². The van der Waals surface area contributed by atoms with Crippen molar-refractivity contribution in [1.29, 1.82) is 0 Å². The normalized spacial score (nSPS) is 12.1. The highest BCUT2D eigenvalue weighted by atomic mass is 32.1. The summed E-state index contributed by atoms with van der Waals surface area (Å²) in [5, 5.41) is 18.8. The van der Waals surface area contributed by atoms with Gasteiger partial charge in [-0.1, -0.05) is 39.0 Å². The van der Waals surface area contributed by atoms with E-state index in [0.29, 0.717) is 11.8 Å². The van der Waals surface area contributed by atoms with Gasteiger partial charge in [0.1, 0.15) is 0 Å². The van der Waals surface area contributed by atoms with E-state index >= 15 is 0 Å². The minimum Gasteiger partial charge on any atom is -0.262 e. The lowest BCUT2D eigenvalue weighted by Crippen LogP contribution is -2.03. The van der Waals surface area contributed by atoms with Crippen LogP contribution in [0.3, 0.4) is 0 Å². The lowest BCUT2D eigenvalue weighted by molar-refractivity contribution is 0.606. The summed E-state index contributed by atoms with van der Waals surface area (Å²) < 4.78 is 3.89. The van der Waals surface area contributed by atoms with Crippen LogP contribution in [0.4, 0.5) is 0 Å². The van der Waals surface area contributed by atoms with E-state index in [2.05, 4.69) is 56.0 Å². The third kappa shape index (κ3) is 2.65. The maximum absolute atomic E-state index is 4.73. The van der Waals surface area contributed by atoms with Gasteiger partial charge in [-0.25, -0.2) is 0 Å². The topological polar surface area (TPSA) is 60.9 Å². The predicted molar refractivity (Wildman–Crippen MR) is 88.2 cm³/mol. The maximum Gasteiger partial charge on any atom is 0.235 e. The maximum atomic E-state index is 4.73. The van der Waals surface area contributed by atoms with Crippen molar-refractivity contribution in [2.75, 3.05) is 0 Å². The SMILES string of the molecule is CCn1nc(C(C)C)cc1-c1nn2c(CC(C)C)nnc2s1. The molecule has 0 aliphatic carbocycles. The number of nitrogens with zero attached hydrogens (tertiary/aromatic N) is 6. The number of hydrogen-bond donors (Lipinski definition) is 0. The smallest absolute Gasteiger partial charge is 0.235 e. The molecule has 0 saturated heterocycles. The minimum atomic E-state index is 0.411. The van der Waals surface area contributed by atoms with Crippen molar-refractivity contribution < 1.29 is 0 Å². The standard InChI is InChI=1S/C15H22N6S/c1-6-20-12(8-11(18-20)10(4)5)14-19-21-13(7-9(2)3)16-17-15(21)22-14/h8-10H,6-7H2,1-5H3. The van der Waals surface area contributed by atoms with Crippen LogP contribution >= 0.6 is 11.3 Å². The molecule has 118 valence electrons. The van der Waals surface area contributed by atoms with Crippen molar-refractivity contribution in [3.05, 3.63) is 17.6 Å². The first-order chi connectivity index (χ1) is 10.5. The van der Waals surface area contributed by atoms with Gasteiger partial charge in [-0.2, -0.15) is 14.7 Å². The van der Waals surface area contributed by atoms with Crippen LogP contribution in [0.2, 0.25) is 0 Å². The van der Waals surface area contributed by atoms with Crippen LogP contribution in [0.15, 0.2) is 6.07 Å². The lowest BCUT2D eigenvalue weighted by Gasteiger charge is -2.01. The molecule has 0 aromatic carbocycles. The summed E-state index contributed by atoms with van der Waals surface area (Å²) in [7, 11) is 0. The van der Waals surface area contributed by atoms with Crippen molar-refractivity contribution in [3.63, 3.8) is 0 Å². The average molecular weight is 318 g/mol. The Labute approximate surface area is 134 Å².